The summed E-state index contributed by atoms with van der Waals surface area (Å²) in [6.45, 7) is 8.61. The highest BCUT2D eigenvalue weighted by atomic mass is 16.2. The van der Waals surface area contributed by atoms with Gasteiger partial charge in [-0.15, -0.1) is 0 Å². The van der Waals surface area contributed by atoms with Gasteiger partial charge in [0.05, 0.1) is 0 Å². The van der Waals surface area contributed by atoms with Gasteiger partial charge in [0.15, 0.2) is 0 Å². The van der Waals surface area contributed by atoms with Gasteiger partial charge < -0.3 is 20.9 Å². The fraction of sp³-hybridized carbons (Fsp3) is 0.458. The van der Waals surface area contributed by atoms with Crippen LogP contribution in [0.2, 0.25) is 0 Å². The van der Waals surface area contributed by atoms with Gasteiger partial charge in [0.2, 0.25) is 5.91 Å². The first-order chi connectivity index (χ1) is 14.9. The second-order valence-corrected chi connectivity index (χ2v) is 8.49. The Kier molecular flexibility index (Phi) is 8.00. The summed E-state index contributed by atoms with van der Waals surface area (Å²) in [5.74, 6) is -0.147. The Bertz CT molecular complexity index is 877. The van der Waals surface area contributed by atoms with Crippen molar-refractivity contribution in [1.29, 1.82) is 0 Å². The number of piperidine rings is 1. The Labute approximate surface area is 184 Å². The van der Waals surface area contributed by atoms with Crippen LogP contribution in [0.4, 0.5) is 16.2 Å². The number of nitrogens with one attached hydrogen (secondary N) is 3. The van der Waals surface area contributed by atoms with Crippen molar-refractivity contribution < 1.29 is 9.59 Å². The molecule has 0 bridgehead atoms. The molecule has 0 radical (unpaired) electrons. The molecule has 1 aliphatic heterocycles. The number of amides is 3. The number of anilines is 2. The zero-order valence-corrected chi connectivity index (χ0v) is 18.6. The van der Waals surface area contributed by atoms with E-state index in [0.717, 1.165) is 44.5 Å². The lowest BCUT2D eigenvalue weighted by Gasteiger charge is -2.32. The van der Waals surface area contributed by atoms with E-state index in [2.05, 4.69) is 38.0 Å². The third-order valence-electron chi connectivity index (χ3n) is 5.67. The highest BCUT2D eigenvalue weighted by molar-refractivity contribution is 5.94. The van der Waals surface area contributed by atoms with Crippen molar-refractivity contribution in [2.45, 2.75) is 46.1 Å². The molecular weight excluding hydrogens is 390 g/mol. The van der Waals surface area contributed by atoms with Gasteiger partial charge >= 0.3 is 6.03 Å². The van der Waals surface area contributed by atoms with Crippen LogP contribution < -0.4 is 16.0 Å². The number of hydrogen-bond acceptors (Lipinski definition) is 4. The summed E-state index contributed by atoms with van der Waals surface area (Å²) in [5, 5.41) is 8.90. The van der Waals surface area contributed by atoms with Crippen LogP contribution in [0.3, 0.4) is 0 Å². The zero-order chi connectivity index (χ0) is 22.2. The Morgan fingerprint density at radius 2 is 1.81 bits per heavy atom. The van der Waals surface area contributed by atoms with E-state index in [4.69, 9.17) is 0 Å². The summed E-state index contributed by atoms with van der Waals surface area (Å²) in [6, 6.07) is 9.63. The number of likely N-dealkylation sites (tertiary alicyclic amines) is 1. The van der Waals surface area contributed by atoms with Crippen LogP contribution in [-0.2, 0) is 11.2 Å². The number of carbonyl (C=O) groups is 2. The molecule has 31 heavy (non-hydrogen) atoms. The van der Waals surface area contributed by atoms with Crippen LogP contribution in [0.5, 0.6) is 0 Å². The Balaban J connectivity index is 1.44. The van der Waals surface area contributed by atoms with Crippen LogP contribution in [0.1, 0.15) is 37.8 Å². The van der Waals surface area contributed by atoms with E-state index < -0.39 is 0 Å². The van der Waals surface area contributed by atoms with Crippen molar-refractivity contribution in [3.63, 3.8) is 0 Å². The number of benzene rings is 1. The monoisotopic (exact) mass is 423 g/mol. The molecule has 0 aliphatic carbocycles. The van der Waals surface area contributed by atoms with Crippen molar-refractivity contribution in [3.8, 4) is 0 Å². The molecule has 3 rings (SSSR count). The second kappa shape index (κ2) is 10.9. The van der Waals surface area contributed by atoms with E-state index in [1.807, 2.05) is 45.3 Å². The highest BCUT2D eigenvalue weighted by Crippen LogP contribution is 2.21. The summed E-state index contributed by atoms with van der Waals surface area (Å²) >= 11 is 0. The maximum absolute atomic E-state index is 12.5. The molecule has 1 aliphatic rings. The van der Waals surface area contributed by atoms with Gasteiger partial charge in [0.25, 0.3) is 0 Å². The van der Waals surface area contributed by atoms with E-state index in [0.29, 0.717) is 11.4 Å². The summed E-state index contributed by atoms with van der Waals surface area (Å²) in [4.78, 5) is 31.0. The lowest BCUT2D eigenvalue weighted by Crippen LogP contribution is -2.46. The van der Waals surface area contributed by atoms with E-state index in [1.165, 1.54) is 5.56 Å². The van der Waals surface area contributed by atoms with Gasteiger partial charge in [0, 0.05) is 55.4 Å². The molecule has 166 valence electrons. The van der Waals surface area contributed by atoms with Crippen LogP contribution in [0.25, 0.3) is 0 Å². The molecule has 2 aromatic rings. The lowest BCUT2D eigenvalue weighted by molar-refractivity contribution is -0.118. The summed E-state index contributed by atoms with van der Waals surface area (Å²) in [7, 11) is 0. The molecule has 1 saturated heterocycles. The van der Waals surface area contributed by atoms with Crippen molar-refractivity contribution >= 4 is 23.3 Å². The van der Waals surface area contributed by atoms with Crippen LogP contribution in [0.15, 0.2) is 42.7 Å². The first-order valence-corrected chi connectivity index (χ1v) is 11.0. The van der Waals surface area contributed by atoms with Gasteiger partial charge in [-0.25, -0.2) is 4.79 Å². The Hall–Kier alpha value is -2.93. The van der Waals surface area contributed by atoms with Gasteiger partial charge in [-0.2, -0.15) is 0 Å². The minimum absolute atomic E-state index is 0.0463. The predicted molar refractivity (Wildman–Crippen MR) is 124 cm³/mol. The van der Waals surface area contributed by atoms with Crippen molar-refractivity contribution in [2.75, 3.05) is 30.3 Å². The number of hydrogen-bond donors (Lipinski definition) is 3. The van der Waals surface area contributed by atoms with E-state index in [-0.39, 0.29) is 23.9 Å². The fourth-order valence-electron chi connectivity index (χ4n) is 3.60. The number of pyridine rings is 1. The summed E-state index contributed by atoms with van der Waals surface area (Å²) in [5.41, 5.74) is 3.64. The number of nitrogens with zero attached hydrogens (tertiary/aromatic N) is 2. The number of aryl methyl sites for hydroxylation is 1. The maximum atomic E-state index is 12.5. The zero-order valence-electron chi connectivity index (χ0n) is 18.6. The molecule has 0 atom stereocenters. The van der Waals surface area contributed by atoms with Crippen LogP contribution in [0, 0.1) is 12.8 Å². The third kappa shape index (κ3) is 7.07. The van der Waals surface area contributed by atoms with Gasteiger partial charge in [-0.1, -0.05) is 19.9 Å². The molecule has 7 nitrogen and oxygen atoms in total. The standard InChI is InChI=1S/C24H33N5O2/c1-17(2)23(30)26-21-5-4-18(3)22(16-21)28-24(31)27-20-9-14-29(15-10-20)13-8-19-6-11-25-12-7-19/h4-7,11-12,16-17,20H,8-10,13-15H2,1-3H3,(H,26,30)(H2,27,28,31). The SMILES string of the molecule is Cc1ccc(NC(=O)C(C)C)cc1NC(=O)NC1CCN(CCc2ccncc2)CC1. The maximum Gasteiger partial charge on any atom is 0.319 e. The van der Waals surface area contributed by atoms with E-state index in [9.17, 15) is 9.59 Å². The lowest BCUT2D eigenvalue weighted by atomic mass is 10.0. The van der Waals surface area contributed by atoms with Gasteiger partial charge in [-0.05, 0) is 61.6 Å². The fourth-order valence-corrected chi connectivity index (χ4v) is 3.60. The molecule has 1 fully saturated rings. The van der Waals surface area contributed by atoms with Crippen molar-refractivity contribution in [1.82, 2.24) is 15.2 Å². The topological polar surface area (TPSA) is 86.4 Å². The van der Waals surface area contributed by atoms with Crippen LogP contribution in [-0.4, -0.2) is 47.5 Å². The Morgan fingerprint density at radius 1 is 1.10 bits per heavy atom. The first-order valence-electron chi connectivity index (χ1n) is 11.0. The molecule has 1 aromatic carbocycles. The Morgan fingerprint density at radius 3 is 2.48 bits per heavy atom. The minimum atomic E-state index is -0.203. The molecular formula is C24H33N5O2. The van der Waals surface area contributed by atoms with Crippen molar-refractivity contribution in [2.24, 2.45) is 5.92 Å². The largest absolute Gasteiger partial charge is 0.335 e. The quantitative estimate of drug-likeness (QED) is 0.632. The normalized spacial score (nSPS) is 15.0. The van der Waals surface area contributed by atoms with E-state index >= 15 is 0 Å². The summed E-state index contributed by atoms with van der Waals surface area (Å²) < 4.78 is 0. The van der Waals surface area contributed by atoms with Gasteiger partial charge in [-0.3, -0.25) is 9.78 Å². The van der Waals surface area contributed by atoms with Crippen LogP contribution >= 0.6 is 0 Å². The number of urea groups is 1. The molecule has 7 heteroatoms. The minimum Gasteiger partial charge on any atom is -0.335 e. The number of aromatic nitrogens is 1. The molecule has 0 saturated carbocycles. The summed E-state index contributed by atoms with van der Waals surface area (Å²) in [6.07, 6.45) is 6.56. The molecule has 3 N–H and O–H groups in total. The number of carbonyl (C=O) groups excluding carboxylic acids is 2. The smallest absolute Gasteiger partial charge is 0.319 e. The highest BCUT2D eigenvalue weighted by Gasteiger charge is 2.21. The average molecular weight is 424 g/mol. The molecule has 3 amide bonds. The molecule has 0 unspecified atom stereocenters. The molecule has 1 aromatic heterocycles. The number of rotatable bonds is 7. The second-order valence-electron chi connectivity index (χ2n) is 8.49. The average Bonchev–Trinajstić information content (AvgIpc) is 2.76. The first kappa shape index (κ1) is 22.7. The van der Waals surface area contributed by atoms with Gasteiger partial charge in [0.1, 0.15) is 0 Å². The molecule has 0 spiro atoms. The van der Waals surface area contributed by atoms with Crippen molar-refractivity contribution in [3.05, 3.63) is 53.9 Å². The molecule has 2 heterocycles. The third-order valence-corrected chi connectivity index (χ3v) is 5.67. The predicted octanol–water partition coefficient (Wildman–Crippen LogP) is 3.81. The van der Waals surface area contributed by atoms with E-state index in [1.54, 1.807) is 6.07 Å².